The van der Waals surface area contributed by atoms with Crippen LogP contribution in [0.1, 0.15) is 30.8 Å². The Morgan fingerprint density at radius 1 is 1.25 bits per heavy atom. The normalized spacial score (nSPS) is 18.3. The highest BCUT2D eigenvalue weighted by Crippen LogP contribution is 2.34. The van der Waals surface area contributed by atoms with Gasteiger partial charge in [-0.2, -0.15) is 13.2 Å². The van der Waals surface area contributed by atoms with E-state index in [2.05, 4.69) is 38.1 Å². The number of carbonyl (C=O) groups excluding carboxylic acids is 1. The Morgan fingerprint density at radius 3 is 2.56 bits per heavy atom. The lowest BCUT2D eigenvalue weighted by atomic mass is 10.0. The highest BCUT2D eigenvalue weighted by atomic mass is 19.4. The van der Waals surface area contributed by atoms with E-state index in [4.69, 9.17) is 0 Å². The number of aromatic nitrogens is 2. The van der Waals surface area contributed by atoms with Gasteiger partial charge in [0.25, 0.3) is 0 Å². The number of pyridine rings is 2. The zero-order chi connectivity index (χ0) is 23.5. The minimum absolute atomic E-state index is 0.146. The smallest absolute Gasteiger partial charge is 0.388 e. The molecular formula is C23H28F3N5O. The molecule has 2 aromatic heterocycles. The van der Waals surface area contributed by atoms with Gasteiger partial charge in [0.15, 0.2) is 6.29 Å². The van der Waals surface area contributed by atoms with Crippen molar-refractivity contribution in [3.05, 3.63) is 53.1 Å². The fraction of sp³-hybridized carbons (Fsp3) is 0.435. The third-order valence-electron chi connectivity index (χ3n) is 5.79. The van der Waals surface area contributed by atoms with Gasteiger partial charge in [0, 0.05) is 62.4 Å². The predicted octanol–water partition coefficient (Wildman–Crippen LogP) is 4.07. The van der Waals surface area contributed by atoms with E-state index in [0.29, 0.717) is 12.2 Å². The van der Waals surface area contributed by atoms with Crippen molar-refractivity contribution in [2.45, 2.75) is 39.5 Å². The fourth-order valence-corrected chi connectivity index (χ4v) is 4.02. The molecule has 1 saturated heterocycles. The van der Waals surface area contributed by atoms with Gasteiger partial charge in [-0.3, -0.25) is 19.7 Å². The minimum Gasteiger partial charge on any atom is -0.388 e. The second-order valence-electron chi connectivity index (χ2n) is 8.06. The molecule has 9 heteroatoms. The SMILES string of the molecule is CNc1cc(CN2CCN(c3ccc(C)nc3)C(C)C2)ncc1/C(C)=C(\C=O)C(F)(F)F. The monoisotopic (exact) mass is 447 g/mol. The first-order valence-corrected chi connectivity index (χ1v) is 10.5. The van der Waals surface area contributed by atoms with Gasteiger partial charge in [0.05, 0.1) is 23.2 Å². The second kappa shape index (κ2) is 9.68. The maximum absolute atomic E-state index is 13.1. The molecule has 172 valence electrons. The Kier molecular flexibility index (Phi) is 7.18. The molecule has 32 heavy (non-hydrogen) atoms. The summed E-state index contributed by atoms with van der Waals surface area (Å²) >= 11 is 0. The second-order valence-corrected chi connectivity index (χ2v) is 8.06. The van der Waals surface area contributed by atoms with Gasteiger partial charge in [0.2, 0.25) is 0 Å². The molecule has 3 rings (SSSR count). The van der Waals surface area contributed by atoms with E-state index < -0.39 is 11.7 Å². The molecule has 0 radical (unpaired) electrons. The minimum atomic E-state index is -4.71. The molecule has 1 atom stereocenters. The van der Waals surface area contributed by atoms with Crippen molar-refractivity contribution < 1.29 is 18.0 Å². The zero-order valence-electron chi connectivity index (χ0n) is 18.7. The molecule has 1 fully saturated rings. The van der Waals surface area contributed by atoms with Crippen LogP contribution in [0.4, 0.5) is 24.5 Å². The van der Waals surface area contributed by atoms with E-state index in [1.807, 2.05) is 19.2 Å². The number of rotatable bonds is 6. The van der Waals surface area contributed by atoms with E-state index in [1.165, 1.54) is 13.1 Å². The average molecular weight is 448 g/mol. The van der Waals surface area contributed by atoms with Crippen LogP contribution in [-0.4, -0.2) is 60.1 Å². The molecular weight excluding hydrogens is 419 g/mol. The van der Waals surface area contributed by atoms with Crippen LogP contribution in [0, 0.1) is 6.92 Å². The molecule has 1 N–H and O–H groups in total. The van der Waals surface area contributed by atoms with Crippen molar-refractivity contribution >= 4 is 23.2 Å². The number of hydrogen-bond acceptors (Lipinski definition) is 6. The Hall–Kier alpha value is -2.94. The largest absolute Gasteiger partial charge is 0.419 e. The summed E-state index contributed by atoms with van der Waals surface area (Å²) in [6, 6.07) is 6.12. The summed E-state index contributed by atoms with van der Waals surface area (Å²) in [5, 5.41) is 2.94. The number of hydrogen-bond donors (Lipinski definition) is 1. The summed E-state index contributed by atoms with van der Waals surface area (Å²) in [4.78, 5) is 24.4. The molecule has 0 amide bonds. The van der Waals surface area contributed by atoms with Gasteiger partial charge < -0.3 is 10.2 Å². The van der Waals surface area contributed by atoms with Gasteiger partial charge in [-0.25, -0.2) is 0 Å². The van der Waals surface area contributed by atoms with Crippen molar-refractivity contribution in [1.29, 1.82) is 0 Å². The number of aryl methyl sites for hydroxylation is 1. The zero-order valence-corrected chi connectivity index (χ0v) is 18.7. The molecule has 1 unspecified atom stereocenters. The molecule has 2 aromatic rings. The number of allylic oxidation sites excluding steroid dienone is 2. The summed E-state index contributed by atoms with van der Waals surface area (Å²) in [7, 11) is 1.64. The summed E-state index contributed by atoms with van der Waals surface area (Å²) in [5.41, 5.74) is 2.26. The average Bonchev–Trinajstić information content (AvgIpc) is 2.74. The van der Waals surface area contributed by atoms with Crippen LogP contribution in [-0.2, 0) is 11.3 Å². The van der Waals surface area contributed by atoms with E-state index in [0.717, 1.165) is 36.7 Å². The van der Waals surface area contributed by atoms with Crippen molar-refractivity contribution in [3.63, 3.8) is 0 Å². The maximum Gasteiger partial charge on any atom is 0.419 e. The number of nitrogens with zero attached hydrogens (tertiary/aromatic N) is 4. The van der Waals surface area contributed by atoms with Crippen LogP contribution in [0.25, 0.3) is 5.57 Å². The molecule has 1 aliphatic rings. The fourth-order valence-electron chi connectivity index (χ4n) is 4.02. The molecule has 0 bridgehead atoms. The first kappa shape index (κ1) is 23.7. The first-order valence-electron chi connectivity index (χ1n) is 10.5. The molecule has 0 spiro atoms. The van der Waals surface area contributed by atoms with Crippen molar-refractivity contribution in [2.75, 3.05) is 36.9 Å². The van der Waals surface area contributed by atoms with Crippen LogP contribution < -0.4 is 10.2 Å². The standard InChI is InChI=1S/C23H28F3N5O/c1-15-5-6-19(10-28-15)31-8-7-30(12-16(31)2)13-18-9-22(27-4)20(11-29-18)17(3)21(14-32)23(24,25)26/h5-6,9-11,14,16H,7-8,12-13H2,1-4H3,(H,27,29)/b21-17+. The topological polar surface area (TPSA) is 61.4 Å². The third-order valence-corrected chi connectivity index (χ3v) is 5.79. The van der Waals surface area contributed by atoms with E-state index in [1.54, 1.807) is 13.1 Å². The summed E-state index contributed by atoms with van der Waals surface area (Å²) < 4.78 is 39.4. The Bertz CT molecular complexity index is 988. The number of nitrogens with one attached hydrogen (secondary N) is 1. The number of carbonyl (C=O) groups is 1. The first-order chi connectivity index (χ1) is 15.1. The Balaban J connectivity index is 1.74. The number of anilines is 2. The maximum atomic E-state index is 13.1. The lowest BCUT2D eigenvalue weighted by Crippen LogP contribution is -2.51. The van der Waals surface area contributed by atoms with Crippen LogP contribution in [0.15, 0.2) is 36.2 Å². The number of piperazine rings is 1. The van der Waals surface area contributed by atoms with Gasteiger partial charge in [-0.05, 0) is 44.5 Å². The van der Waals surface area contributed by atoms with Crippen molar-refractivity contribution in [2.24, 2.45) is 0 Å². The number of halogens is 3. The van der Waals surface area contributed by atoms with E-state index in [-0.39, 0.29) is 23.5 Å². The summed E-state index contributed by atoms with van der Waals surface area (Å²) in [6.45, 7) is 8.50. The van der Waals surface area contributed by atoms with E-state index >= 15 is 0 Å². The number of alkyl halides is 3. The lowest BCUT2D eigenvalue weighted by Gasteiger charge is -2.41. The third kappa shape index (κ3) is 5.27. The van der Waals surface area contributed by atoms with Crippen LogP contribution >= 0.6 is 0 Å². The van der Waals surface area contributed by atoms with Crippen molar-refractivity contribution in [1.82, 2.24) is 14.9 Å². The van der Waals surface area contributed by atoms with Crippen LogP contribution in [0.3, 0.4) is 0 Å². The molecule has 0 aromatic carbocycles. The van der Waals surface area contributed by atoms with Crippen molar-refractivity contribution in [3.8, 4) is 0 Å². The van der Waals surface area contributed by atoms with E-state index in [9.17, 15) is 18.0 Å². The molecule has 1 aliphatic heterocycles. The van der Waals surface area contributed by atoms with Gasteiger partial charge in [-0.1, -0.05) is 0 Å². The summed E-state index contributed by atoms with van der Waals surface area (Å²) in [6.07, 6.45) is -1.56. The lowest BCUT2D eigenvalue weighted by molar-refractivity contribution is -0.118. The van der Waals surface area contributed by atoms with Crippen LogP contribution in [0.2, 0.25) is 0 Å². The van der Waals surface area contributed by atoms with Crippen LogP contribution in [0.5, 0.6) is 0 Å². The molecule has 3 heterocycles. The Morgan fingerprint density at radius 2 is 2.00 bits per heavy atom. The highest BCUT2D eigenvalue weighted by molar-refractivity contribution is 5.91. The quantitative estimate of drug-likeness (QED) is 0.532. The molecule has 6 nitrogen and oxygen atoms in total. The van der Waals surface area contributed by atoms with Gasteiger partial charge >= 0.3 is 6.18 Å². The predicted molar refractivity (Wildman–Crippen MR) is 120 cm³/mol. The van der Waals surface area contributed by atoms with Gasteiger partial charge in [-0.15, -0.1) is 0 Å². The number of aldehydes is 1. The Labute approximate surface area is 186 Å². The molecule has 0 saturated carbocycles. The molecule has 0 aliphatic carbocycles. The summed E-state index contributed by atoms with van der Waals surface area (Å²) in [5.74, 6) is 0. The highest BCUT2D eigenvalue weighted by Gasteiger charge is 2.35. The van der Waals surface area contributed by atoms with Gasteiger partial charge in [0.1, 0.15) is 0 Å².